The average Bonchev–Trinajstić information content (AvgIpc) is 3.04. The number of rotatable bonds is 2. The molecule has 2 aromatic rings. The molecule has 8 heteroatoms. The second-order valence-corrected chi connectivity index (χ2v) is 7.25. The van der Waals surface area contributed by atoms with E-state index in [1.165, 1.54) is 17.0 Å². The van der Waals surface area contributed by atoms with Crippen molar-refractivity contribution in [2.45, 2.75) is 12.0 Å². The molecular formula is C19H11BrFN3O3. The number of benzene rings is 2. The number of imide groups is 1. The summed E-state index contributed by atoms with van der Waals surface area (Å²) in [4.78, 5) is 39.3. The third kappa shape index (κ3) is 2.25. The molecule has 134 valence electrons. The van der Waals surface area contributed by atoms with Gasteiger partial charge in [-0.3, -0.25) is 19.7 Å². The molecule has 1 fully saturated rings. The van der Waals surface area contributed by atoms with Crippen LogP contribution in [-0.4, -0.2) is 17.7 Å². The number of nitrogens with one attached hydrogen (secondary N) is 1. The Kier molecular flexibility index (Phi) is 3.86. The molecule has 0 bridgehead atoms. The lowest BCUT2D eigenvalue weighted by molar-refractivity contribution is -0.134. The summed E-state index contributed by atoms with van der Waals surface area (Å²) in [5, 5.41) is 11.6. The fraction of sp³-hybridized carbons (Fsp3) is 0.158. The zero-order valence-electron chi connectivity index (χ0n) is 13.7. The van der Waals surface area contributed by atoms with Gasteiger partial charge >= 0.3 is 0 Å². The van der Waals surface area contributed by atoms with Crippen LogP contribution in [0.25, 0.3) is 0 Å². The van der Waals surface area contributed by atoms with Crippen LogP contribution in [0.2, 0.25) is 0 Å². The third-order valence-electron chi connectivity index (χ3n) is 4.96. The van der Waals surface area contributed by atoms with Gasteiger partial charge in [0.15, 0.2) is 11.3 Å². The minimum absolute atomic E-state index is 0.129. The summed E-state index contributed by atoms with van der Waals surface area (Å²) in [6.07, 6.45) is 0. The van der Waals surface area contributed by atoms with E-state index in [0.29, 0.717) is 10.2 Å². The Morgan fingerprint density at radius 3 is 2.67 bits per heavy atom. The Labute approximate surface area is 161 Å². The second kappa shape index (κ2) is 5.99. The van der Waals surface area contributed by atoms with Crippen molar-refractivity contribution in [1.82, 2.24) is 5.32 Å². The highest BCUT2D eigenvalue weighted by Crippen LogP contribution is 2.49. The van der Waals surface area contributed by atoms with Gasteiger partial charge in [-0.15, -0.1) is 0 Å². The summed E-state index contributed by atoms with van der Waals surface area (Å²) < 4.78 is 14.9. The van der Waals surface area contributed by atoms with Gasteiger partial charge in [-0.2, -0.15) is 5.26 Å². The van der Waals surface area contributed by atoms with Crippen molar-refractivity contribution in [3.63, 3.8) is 0 Å². The number of carbonyl (C=O) groups excluding carboxylic acids is 3. The normalized spacial score (nSPS) is 23.5. The number of fused-ring (bicyclic) bond motifs is 2. The molecule has 1 saturated heterocycles. The smallest absolute Gasteiger partial charge is 0.249 e. The van der Waals surface area contributed by atoms with E-state index in [9.17, 15) is 24.0 Å². The van der Waals surface area contributed by atoms with Gasteiger partial charge in [0.2, 0.25) is 17.7 Å². The van der Waals surface area contributed by atoms with Crippen LogP contribution in [0.3, 0.4) is 0 Å². The van der Waals surface area contributed by atoms with Crippen LogP contribution in [0.1, 0.15) is 11.1 Å². The monoisotopic (exact) mass is 427 g/mol. The number of nitrogens with zero attached hydrogens (tertiary/aromatic N) is 2. The Hall–Kier alpha value is -3.05. The largest absolute Gasteiger partial charge is 0.306 e. The molecule has 4 rings (SSSR count). The number of anilines is 1. The van der Waals surface area contributed by atoms with Crippen LogP contribution in [0.15, 0.2) is 46.9 Å². The first-order chi connectivity index (χ1) is 12.9. The lowest BCUT2D eigenvalue weighted by Crippen LogP contribution is -2.48. The van der Waals surface area contributed by atoms with Crippen LogP contribution in [-0.2, 0) is 26.3 Å². The number of hydrogen-bond donors (Lipinski definition) is 1. The number of carbonyl (C=O) groups is 3. The Morgan fingerprint density at radius 1 is 1.22 bits per heavy atom. The van der Waals surface area contributed by atoms with Gasteiger partial charge in [0.25, 0.3) is 0 Å². The van der Waals surface area contributed by atoms with Crippen LogP contribution >= 0.6 is 15.9 Å². The van der Waals surface area contributed by atoms with Crippen LogP contribution in [0, 0.1) is 23.1 Å². The maximum atomic E-state index is 14.3. The van der Waals surface area contributed by atoms with Gasteiger partial charge < -0.3 is 4.90 Å². The molecule has 2 aliphatic rings. The Morgan fingerprint density at radius 2 is 1.96 bits per heavy atom. The Balaban J connectivity index is 1.87. The fourth-order valence-electron chi connectivity index (χ4n) is 3.72. The van der Waals surface area contributed by atoms with Crippen molar-refractivity contribution in [3.8, 4) is 6.07 Å². The van der Waals surface area contributed by atoms with Crippen molar-refractivity contribution in [1.29, 1.82) is 5.26 Å². The average molecular weight is 428 g/mol. The highest BCUT2D eigenvalue weighted by molar-refractivity contribution is 9.10. The lowest BCUT2D eigenvalue weighted by Gasteiger charge is -2.23. The van der Waals surface area contributed by atoms with Crippen molar-refractivity contribution in [3.05, 3.63) is 63.9 Å². The summed E-state index contributed by atoms with van der Waals surface area (Å²) >= 11 is 3.18. The molecule has 0 saturated carbocycles. The minimum Gasteiger partial charge on any atom is -0.306 e. The molecule has 1 N–H and O–H groups in total. The van der Waals surface area contributed by atoms with Gasteiger partial charge in [0, 0.05) is 21.3 Å². The topological polar surface area (TPSA) is 90.3 Å². The summed E-state index contributed by atoms with van der Waals surface area (Å²) in [7, 11) is 0. The minimum atomic E-state index is -1.94. The van der Waals surface area contributed by atoms with E-state index < -0.39 is 34.9 Å². The summed E-state index contributed by atoms with van der Waals surface area (Å²) in [6, 6.07) is 12.7. The highest BCUT2D eigenvalue weighted by Gasteiger charge is 2.67. The van der Waals surface area contributed by atoms with E-state index in [0.717, 1.165) is 0 Å². The number of para-hydroxylation sites is 1. The number of halogens is 2. The highest BCUT2D eigenvalue weighted by atomic mass is 79.9. The molecule has 6 nitrogen and oxygen atoms in total. The number of hydrogen-bond acceptors (Lipinski definition) is 4. The van der Waals surface area contributed by atoms with E-state index in [-0.39, 0.29) is 17.7 Å². The SMILES string of the molecule is N#CC1C(=O)NC(=O)C12C(=O)N(Cc1ccc(Br)cc1F)c1ccccc12. The van der Waals surface area contributed by atoms with Gasteiger partial charge in [-0.05, 0) is 18.2 Å². The van der Waals surface area contributed by atoms with Gasteiger partial charge in [0.05, 0.1) is 12.6 Å². The van der Waals surface area contributed by atoms with Crippen molar-refractivity contribution in [2.75, 3.05) is 4.90 Å². The number of nitriles is 1. The van der Waals surface area contributed by atoms with Gasteiger partial charge in [0.1, 0.15) is 5.82 Å². The predicted molar refractivity (Wildman–Crippen MR) is 95.7 cm³/mol. The fourth-order valence-corrected chi connectivity index (χ4v) is 4.05. The van der Waals surface area contributed by atoms with Crippen molar-refractivity contribution < 1.29 is 18.8 Å². The molecule has 27 heavy (non-hydrogen) atoms. The van der Waals surface area contributed by atoms with Gasteiger partial charge in [-0.1, -0.05) is 40.2 Å². The first-order valence-electron chi connectivity index (χ1n) is 8.01. The maximum Gasteiger partial charge on any atom is 0.249 e. The predicted octanol–water partition coefficient (Wildman–Crippen LogP) is 2.17. The quantitative estimate of drug-likeness (QED) is 0.587. The standard InChI is InChI=1S/C19H11BrFN3O3/c20-11-6-5-10(14(21)7-11)9-24-15-4-2-1-3-12(15)19(18(24)27)13(8-22)16(25)23-17(19)26/h1-7,13H,9H2,(H,23,25,26). The van der Waals surface area contributed by atoms with Crippen LogP contribution in [0.4, 0.5) is 10.1 Å². The molecule has 2 atom stereocenters. The lowest BCUT2D eigenvalue weighted by atomic mass is 9.73. The molecular weight excluding hydrogens is 417 g/mol. The molecule has 3 amide bonds. The third-order valence-corrected chi connectivity index (χ3v) is 5.46. The van der Waals surface area contributed by atoms with Gasteiger partial charge in [-0.25, -0.2) is 4.39 Å². The maximum absolute atomic E-state index is 14.3. The van der Waals surface area contributed by atoms with E-state index in [4.69, 9.17) is 0 Å². The first-order valence-corrected chi connectivity index (χ1v) is 8.81. The first kappa shape index (κ1) is 17.4. The van der Waals surface area contributed by atoms with E-state index in [2.05, 4.69) is 21.2 Å². The molecule has 0 radical (unpaired) electrons. The van der Waals surface area contributed by atoms with E-state index in [1.54, 1.807) is 36.4 Å². The molecule has 1 spiro atoms. The molecule has 2 heterocycles. The summed E-state index contributed by atoms with van der Waals surface area (Å²) in [5.41, 5.74) is -1.03. The summed E-state index contributed by atoms with van der Waals surface area (Å²) in [5.74, 6) is -4.32. The molecule has 2 unspecified atom stereocenters. The van der Waals surface area contributed by atoms with Crippen molar-refractivity contribution >= 4 is 39.3 Å². The zero-order valence-corrected chi connectivity index (χ0v) is 15.3. The summed E-state index contributed by atoms with van der Waals surface area (Å²) in [6.45, 7) is -0.129. The molecule has 0 aliphatic carbocycles. The Bertz CT molecular complexity index is 1060. The van der Waals surface area contributed by atoms with Crippen molar-refractivity contribution in [2.24, 2.45) is 5.92 Å². The van der Waals surface area contributed by atoms with Crippen LogP contribution < -0.4 is 10.2 Å². The zero-order chi connectivity index (χ0) is 19.3. The molecule has 0 aromatic heterocycles. The number of amides is 3. The second-order valence-electron chi connectivity index (χ2n) is 6.33. The molecule has 2 aromatic carbocycles. The van der Waals surface area contributed by atoms with E-state index >= 15 is 0 Å². The van der Waals surface area contributed by atoms with E-state index in [1.807, 2.05) is 0 Å². The van der Waals surface area contributed by atoms with Crippen LogP contribution in [0.5, 0.6) is 0 Å². The molecule has 2 aliphatic heterocycles.